The van der Waals surface area contributed by atoms with Gasteiger partial charge in [0.2, 0.25) is 0 Å². The first-order valence-corrected chi connectivity index (χ1v) is 12.7. The third-order valence-electron chi connectivity index (χ3n) is 10.5. The Morgan fingerprint density at radius 1 is 1.06 bits per heavy atom. The van der Waals surface area contributed by atoms with Crippen LogP contribution in [0.15, 0.2) is 36.2 Å². The molecule has 31 heavy (non-hydrogen) atoms. The van der Waals surface area contributed by atoms with E-state index < -0.39 is 5.60 Å². The first-order valence-electron chi connectivity index (χ1n) is 12.7. The van der Waals surface area contributed by atoms with Gasteiger partial charge in [0.05, 0.1) is 11.7 Å². The van der Waals surface area contributed by atoms with Crippen LogP contribution in [-0.2, 0) is 6.42 Å². The van der Waals surface area contributed by atoms with Gasteiger partial charge in [-0.3, -0.25) is 4.98 Å². The lowest BCUT2D eigenvalue weighted by Gasteiger charge is -2.59. The molecule has 1 aromatic heterocycles. The van der Waals surface area contributed by atoms with Crippen molar-refractivity contribution in [1.82, 2.24) is 4.98 Å². The average Bonchev–Trinajstić information content (AvgIpc) is 3.12. The molecule has 170 valence electrons. The molecule has 0 saturated heterocycles. The van der Waals surface area contributed by atoms with Crippen molar-refractivity contribution in [3.63, 3.8) is 0 Å². The lowest BCUT2D eigenvalue weighted by atomic mass is 9.46. The molecular weight excluding hydrogens is 382 g/mol. The summed E-state index contributed by atoms with van der Waals surface area (Å²) in [5, 5.41) is 21.9. The Labute approximate surface area is 188 Å². The molecule has 0 spiro atoms. The Balaban J connectivity index is 1.35. The van der Waals surface area contributed by atoms with E-state index >= 15 is 0 Å². The van der Waals surface area contributed by atoms with Crippen molar-refractivity contribution in [2.24, 2.45) is 34.5 Å². The molecule has 8 atom stereocenters. The molecular formula is C28H41NO2. The zero-order valence-corrected chi connectivity index (χ0v) is 19.7. The monoisotopic (exact) mass is 423 g/mol. The Morgan fingerprint density at radius 2 is 1.84 bits per heavy atom. The van der Waals surface area contributed by atoms with E-state index in [4.69, 9.17) is 0 Å². The second-order valence-corrected chi connectivity index (χ2v) is 12.0. The van der Waals surface area contributed by atoms with Crippen molar-refractivity contribution in [3.8, 4) is 0 Å². The molecule has 0 aliphatic heterocycles. The third kappa shape index (κ3) is 3.51. The van der Waals surface area contributed by atoms with Gasteiger partial charge in [-0.15, -0.1) is 0 Å². The van der Waals surface area contributed by atoms with E-state index in [1.165, 1.54) is 37.7 Å². The van der Waals surface area contributed by atoms with Crippen molar-refractivity contribution < 1.29 is 10.2 Å². The lowest BCUT2D eigenvalue weighted by Crippen LogP contribution is -2.53. The van der Waals surface area contributed by atoms with E-state index in [1.807, 2.05) is 12.4 Å². The van der Waals surface area contributed by atoms with Gasteiger partial charge in [-0.2, -0.15) is 0 Å². The van der Waals surface area contributed by atoms with E-state index in [9.17, 15) is 10.2 Å². The van der Waals surface area contributed by atoms with Crippen LogP contribution in [0.3, 0.4) is 0 Å². The summed E-state index contributed by atoms with van der Waals surface area (Å²) in [5.41, 5.74) is 2.75. The number of aliphatic hydroxyl groups is 2. The standard InChI is InChI=1S/C28H41NO2/c1-26-13-9-21(30)18-20(26)4-5-22-23-6-7-25(27(23,2)14-10-24(22)26)28(3,31)15-8-19-11-16-29-17-12-19/h4,11-12,16-17,21-25,30-31H,5-10,13-15,18H2,1-3H3/t21-,22-,23-,24-,25-,26-,27-,28?/m0/s1. The normalized spacial score (nSPS) is 43.9. The number of fused-ring (bicyclic) bond motifs is 5. The van der Waals surface area contributed by atoms with Crippen LogP contribution in [0.2, 0.25) is 0 Å². The maximum atomic E-state index is 11.7. The first kappa shape index (κ1) is 21.6. The van der Waals surface area contributed by atoms with E-state index in [0.717, 1.165) is 49.9 Å². The number of hydrogen-bond donors (Lipinski definition) is 2. The highest BCUT2D eigenvalue weighted by Crippen LogP contribution is 2.67. The minimum atomic E-state index is -0.617. The van der Waals surface area contributed by atoms with Crippen LogP contribution in [0.25, 0.3) is 0 Å². The Bertz CT molecular complexity index is 833. The predicted molar refractivity (Wildman–Crippen MR) is 124 cm³/mol. The highest BCUT2D eigenvalue weighted by atomic mass is 16.3. The van der Waals surface area contributed by atoms with Gasteiger partial charge in [0.1, 0.15) is 0 Å². The maximum absolute atomic E-state index is 11.7. The summed E-state index contributed by atoms with van der Waals surface area (Å²) in [7, 11) is 0. The molecule has 3 heteroatoms. The largest absolute Gasteiger partial charge is 0.393 e. The van der Waals surface area contributed by atoms with Gasteiger partial charge < -0.3 is 10.2 Å². The molecule has 1 unspecified atom stereocenters. The smallest absolute Gasteiger partial charge is 0.0656 e. The SMILES string of the molecule is CC(O)(CCc1ccncc1)[C@H]1CC[C@H]2[C@@H]3CC=C4C[C@@H](O)CC[C@]4(C)[C@H]3CC[C@]12C. The Kier molecular flexibility index (Phi) is 5.37. The summed E-state index contributed by atoms with van der Waals surface area (Å²) in [5.74, 6) is 2.63. The van der Waals surface area contributed by atoms with E-state index in [0.29, 0.717) is 11.3 Å². The molecule has 4 aliphatic carbocycles. The van der Waals surface area contributed by atoms with E-state index in [1.54, 1.807) is 5.57 Å². The van der Waals surface area contributed by atoms with Gasteiger partial charge in [-0.1, -0.05) is 25.5 Å². The topological polar surface area (TPSA) is 53.4 Å². The van der Waals surface area contributed by atoms with Gasteiger partial charge in [0.15, 0.2) is 0 Å². The van der Waals surface area contributed by atoms with Gasteiger partial charge >= 0.3 is 0 Å². The molecule has 0 amide bonds. The van der Waals surface area contributed by atoms with Crippen LogP contribution < -0.4 is 0 Å². The number of aryl methyl sites for hydroxylation is 1. The second kappa shape index (κ2) is 7.70. The molecule has 3 nitrogen and oxygen atoms in total. The molecule has 0 radical (unpaired) electrons. The number of aromatic nitrogens is 1. The van der Waals surface area contributed by atoms with E-state index in [2.05, 4.69) is 44.0 Å². The quantitative estimate of drug-likeness (QED) is 0.610. The van der Waals surface area contributed by atoms with E-state index in [-0.39, 0.29) is 11.5 Å². The number of pyridine rings is 1. The molecule has 1 aromatic rings. The fourth-order valence-corrected chi connectivity index (χ4v) is 8.78. The van der Waals surface area contributed by atoms with Crippen LogP contribution in [0.5, 0.6) is 0 Å². The van der Waals surface area contributed by atoms with Crippen molar-refractivity contribution in [2.75, 3.05) is 0 Å². The molecule has 2 N–H and O–H groups in total. The van der Waals surface area contributed by atoms with Crippen LogP contribution >= 0.6 is 0 Å². The second-order valence-electron chi connectivity index (χ2n) is 12.0. The van der Waals surface area contributed by atoms with Gasteiger partial charge in [-0.25, -0.2) is 0 Å². The molecule has 0 bridgehead atoms. The fraction of sp³-hybridized carbons (Fsp3) is 0.750. The molecule has 3 fully saturated rings. The first-order chi connectivity index (χ1) is 14.7. The third-order valence-corrected chi connectivity index (χ3v) is 10.5. The summed E-state index contributed by atoms with van der Waals surface area (Å²) in [6.45, 7) is 7.13. The average molecular weight is 424 g/mol. The van der Waals surface area contributed by atoms with Crippen molar-refractivity contribution >= 4 is 0 Å². The van der Waals surface area contributed by atoms with Crippen molar-refractivity contribution in [1.29, 1.82) is 0 Å². The Hall–Kier alpha value is -1.19. The lowest BCUT2D eigenvalue weighted by molar-refractivity contribution is -0.104. The number of rotatable bonds is 4. The van der Waals surface area contributed by atoms with Gasteiger partial charge in [-0.05, 0) is 123 Å². The molecule has 5 rings (SSSR count). The minimum absolute atomic E-state index is 0.129. The van der Waals surface area contributed by atoms with Crippen molar-refractivity contribution in [2.45, 2.75) is 96.7 Å². The number of allylic oxidation sites excluding steroid dienone is 1. The predicted octanol–water partition coefficient (Wildman–Crippen LogP) is 5.71. The molecule has 4 aliphatic rings. The summed E-state index contributed by atoms with van der Waals surface area (Å²) >= 11 is 0. The Morgan fingerprint density at radius 3 is 2.61 bits per heavy atom. The molecule has 3 saturated carbocycles. The number of nitrogens with zero attached hydrogens (tertiary/aromatic N) is 1. The summed E-state index contributed by atoms with van der Waals surface area (Å²) < 4.78 is 0. The molecule has 0 aromatic carbocycles. The summed E-state index contributed by atoms with van der Waals surface area (Å²) in [4.78, 5) is 4.13. The fourth-order valence-electron chi connectivity index (χ4n) is 8.78. The summed E-state index contributed by atoms with van der Waals surface area (Å²) in [6.07, 6.45) is 17.0. The van der Waals surface area contributed by atoms with Crippen molar-refractivity contribution in [3.05, 3.63) is 41.7 Å². The molecule has 1 heterocycles. The van der Waals surface area contributed by atoms with Gasteiger partial charge in [0.25, 0.3) is 0 Å². The zero-order valence-electron chi connectivity index (χ0n) is 19.7. The van der Waals surface area contributed by atoms with Crippen LogP contribution in [0, 0.1) is 34.5 Å². The maximum Gasteiger partial charge on any atom is 0.0656 e. The van der Waals surface area contributed by atoms with Crippen LogP contribution in [0.1, 0.15) is 84.1 Å². The highest BCUT2D eigenvalue weighted by molar-refractivity contribution is 5.25. The van der Waals surface area contributed by atoms with Gasteiger partial charge in [0, 0.05) is 12.4 Å². The number of hydrogen-bond acceptors (Lipinski definition) is 3. The highest BCUT2D eigenvalue weighted by Gasteiger charge is 2.61. The van der Waals surface area contributed by atoms with Crippen LogP contribution in [-0.4, -0.2) is 26.9 Å². The summed E-state index contributed by atoms with van der Waals surface area (Å²) in [6, 6.07) is 4.16. The minimum Gasteiger partial charge on any atom is -0.393 e. The van der Waals surface area contributed by atoms with Crippen LogP contribution in [0.4, 0.5) is 0 Å². The zero-order chi connectivity index (χ0) is 21.9. The number of aliphatic hydroxyl groups excluding tert-OH is 1.